The number of nitro groups is 1. The lowest BCUT2D eigenvalue weighted by atomic mass is 10.0. The third-order valence-electron chi connectivity index (χ3n) is 3.70. The van der Waals surface area contributed by atoms with Gasteiger partial charge in [-0.15, -0.1) is 0 Å². The van der Waals surface area contributed by atoms with Crippen LogP contribution in [0.4, 0.5) is 5.69 Å². The fraction of sp³-hybridized carbons (Fsp3) is 0.400. The van der Waals surface area contributed by atoms with Crippen LogP contribution in [-0.2, 0) is 11.3 Å². The maximum Gasteiger partial charge on any atom is 0.271 e. The summed E-state index contributed by atoms with van der Waals surface area (Å²) in [6.07, 6.45) is 1.99. The Morgan fingerprint density at radius 2 is 2.13 bits per heavy atom. The molecular formula is C15H18N4O4. The Morgan fingerprint density at radius 3 is 2.74 bits per heavy atom. The van der Waals surface area contributed by atoms with Crippen molar-refractivity contribution in [3.8, 4) is 0 Å². The number of fused-ring (bicyclic) bond motifs is 1. The Hall–Kier alpha value is -2.77. The number of hydrogen-bond acceptors (Lipinski definition) is 5. The second-order valence-corrected chi connectivity index (χ2v) is 5.92. The number of benzene rings is 1. The zero-order chi connectivity index (χ0) is 17.2. The lowest BCUT2D eigenvalue weighted by molar-refractivity contribution is -0.384. The van der Waals surface area contributed by atoms with Gasteiger partial charge in [-0.1, -0.05) is 6.92 Å². The van der Waals surface area contributed by atoms with E-state index >= 15 is 0 Å². The van der Waals surface area contributed by atoms with Crippen molar-refractivity contribution in [3.05, 3.63) is 45.0 Å². The van der Waals surface area contributed by atoms with E-state index in [0.717, 1.165) is 6.42 Å². The van der Waals surface area contributed by atoms with Crippen LogP contribution in [0, 0.1) is 10.1 Å². The van der Waals surface area contributed by atoms with E-state index in [2.05, 4.69) is 10.3 Å². The van der Waals surface area contributed by atoms with Crippen LogP contribution in [0.2, 0.25) is 0 Å². The van der Waals surface area contributed by atoms with Crippen LogP contribution in [0.25, 0.3) is 10.9 Å². The van der Waals surface area contributed by atoms with E-state index in [9.17, 15) is 19.7 Å². The molecule has 2 aromatic rings. The molecule has 0 saturated heterocycles. The molecule has 1 heterocycles. The first-order valence-electron chi connectivity index (χ1n) is 7.18. The van der Waals surface area contributed by atoms with E-state index in [1.54, 1.807) is 0 Å². The molecule has 0 atom stereocenters. The first kappa shape index (κ1) is 16.6. The number of aromatic nitrogens is 2. The van der Waals surface area contributed by atoms with Crippen molar-refractivity contribution in [2.45, 2.75) is 39.3 Å². The number of nitro benzene ring substituents is 1. The van der Waals surface area contributed by atoms with Gasteiger partial charge in [-0.3, -0.25) is 24.3 Å². The molecule has 0 aliphatic rings. The van der Waals surface area contributed by atoms with Crippen LogP contribution in [-0.4, -0.2) is 25.9 Å². The number of nitrogens with zero attached hydrogens (tertiary/aromatic N) is 3. The molecule has 1 N–H and O–H groups in total. The second-order valence-electron chi connectivity index (χ2n) is 5.92. The number of nitrogens with one attached hydrogen (secondary N) is 1. The number of non-ortho nitro benzene ring substituents is 1. The normalized spacial score (nSPS) is 11.4. The van der Waals surface area contributed by atoms with E-state index < -0.39 is 10.5 Å². The standard InChI is InChI=1S/C15H18N4O4/c1-4-15(2,3)17-13(20)8-18-9-16-12-7-10(19(22)23)5-6-11(12)14(18)21/h5-7,9H,4,8H2,1-3H3,(H,17,20). The summed E-state index contributed by atoms with van der Waals surface area (Å²) in [5, 5.41) is 13.8. The molecule has 1 amide bonds. The highest BCUT2D eigenvalue weighted by atomic mass is 16.6. The van der Waals surface area contributed by atoms with Gasteiger partial charge in [-0.25, -0.2) is 4.98 Å². The van der Waals surface area contributed by atoms with Gasteiger partial charge in [-0.05, 0) is 26.3 Å². The van der Waals surface area contributed by atoms with E-state index in [1.165, 1.54) is 29.1 Å². The maximum absolute atomic E-state index is 12.4. The van der Waals surface area contributed by atoms with Crippen molar-refractivity contribution >= 4 is 22.5 Å². The molecule has 23 heavy (non-hydrogen) atoms. The predicted octanol–water partition coefficient (Wildman–Crippen LogP) is 1.61. The van der Waals surface area contributed by atoms with Crippen LogP contribution >= 0.6 is 0 Å². The molecule has 0 fully saturated rings. The predicted molar refractivity (Wildman–Crippen MR) is 85.2 cm³/mol. The summed E-state index contributed by atoms with van der Waals surface area (Å²) in [6, 6.07) is 3.84. The third kappa shape index (κ3) is 3.71. The van der Waals surface area contributed by atoms with Crippen molar-refractivity contribution < 1.29 is 9.72 Å². The largest absolute Gasteiger partial charge is 0.350 e. The van der Waals surface area contributed by atoms with E-state index in [-0.39, 0.29) is 34.6 Å². The zero-order valence-corrected chi connectivity index (χ0v) is 13.2. The third-order valence-corrected chi connectivity index (χ3v) is 3.70. The topological polar surface area (TPSA) is 107 Å². The van der Waals surface area contributed by atoms with Gasteiger partial charge < -0.3 is 5.32 Å². The van der Waals surface area contributed by atoms with Crippen LogP contribution < -0.4 is 10.9 Å². The van der Waals surface area contributed by atoms with Crippen LogP contribution in [0.3, 0.4) is 0 Å². The Labute approximate surface area is 132 Å². The smallest absolute Gasteiger partial charge is 0.271 e. The first-order valence-corrected chi connectivity index (χ1v) is 7.18. The van der Waals surface area contributed by atoms with Gasteiger partial charge in [0.25, 0.3) is 11.2 Å². The lowest BCUT2D eigenvalue weighted by Crippen LogP contribution is -2.45. The molecule has 0 aliphatic carbocycles. The quantitative estimate of drug-likeness (QED) is 0.665. The summed E-state index contributed by atoms with van der Waals surface area (Å²) < 4.78 is 1.19. The summed E-state index contributed by atoms with van der Waals surface area (Å²) in [5.41, 5.74) is -0.667. The van der Waals surface area contributed by atoms with Gasteiger partial charge >= 0.3 is 0 Å². The molecule has 8 heteroatoms. The summed E-state index contributed by atoms with van der Waals surface area (Å²) in [5.74, 6) is -0.290. The summed E-state index contributed by atoms with van der Waals surface area (Å²) in [6.45, 7) is 5.59. The zero-order valence-electron chi connectivity index (χ0n) is 13.2. The first-order chi connectivity index (χ1) is 10.7. The second kappa shape index (κ2) is 6.15. The van der Waals surface area contributed by atoms with Crippen molar-refractivity contribution in [2.75, 3.05) is 0 Å². The highest BCUT2D eigenvalue weighted by Crippen LogP contribution is 2.16. The fourth-order valence-electron chi connectivity index (χ4n) is 2.03. The van der Waals surface area contributed by atoms with Crippen LogP contribution in [0.5, 0.6) is 0 Å². The average molecular weight is 318 g/mol. The number of carbonyl (C=O) groups excluding carboxylic acids is 1. The Bertz CT molecular complexity index is 826. The Kier molecular flexibility index (Phi) is 4.44. The Balaban J connectivity index is 2.31. The van der Waals surface area contributed by atoms with Crippen LogP contribution in [0.15, 0.2) is 29.3 Å². The molecule has 0 aliphatic heterocycles. The summed E-state index contributed by atoms with van der Waals surface area (Å²) in [7, 11) is 0. The monoisotopic (exact) mass is 318 g/mol. The number of hydrogen-bond donors (Lipinski definition) is 1. The molecule has 0 spiro atoms. The molecule has 0 saturated carbocycles. The Morgan fingerprint density at radius 1 is 1.43 bits per heavy atom. The highest BCUT2D eigenvalue weighted by Gasteiger charge is 2.18. The molecular weight excluding hydrogens is 300 g/mol. The molecule has 2 rings (SSSR count). The average Bonchev–Trinajstić information content (AvgIpc) is 2.49. The molecule has 1 aromatic heterocycles. The molecule has 8 nitrogen and oxygen atoms in total. The fourth-order valence-corrected chi connectivity index (χ4v) is 2.03. The van der Waals surface area contributed by atoms with Crippen molar-refractivity contribution in [2.24, 2.45) is 0 Å². The van der Waals surface area contributed by atoms with Crippen molar-refractivity contribution in [1.82, 2.24) is 14.9 Å². The number of carbonyl (C=O) groups is 1. The van der Waals surface area contributed by atoms with E-state index in [4.69, 9.17) is 0 Å². The van der Waals surface area contributed by atoms with Gasteiger partial charge in [0.1, 0.15) is 6.54 Å². The SMILES string of the molecule is CCC(C)(C)NC(=O)Cn1cnc2cc([N+](=O)[O-])ccc2c1=O. The van der Waals surface area contributed by atoms with Crippen molar-refractivity contribution in [1.29, 1.82) is 0 Å². The van der Waals surface area contributed by atoms with Gasteiger partial charge in [-0.2, -0.15) is 0 Å². The van der Waals surface area contributed by atoms with Crippen molar-refractivity contribution in [3.63, 3.8) is 0 Å². The highest BCUT2D eigenvalue weighted by molar-refractivity contribution is 5.80. The van der Waals surface area contributed by atoms with Gasteiger partial charge in [0.15, 0.2) is 0 Å². The molecule has 0 bridgehead atoms. The molecule has 1 aromatic carbocycles. The van der Waals surface area contributed by atoms with Crippen LogP contribution in [0.1, 0.15) is 27.2 Å². The summed E-state index contributed by atoms with van der Waals surface area (Å²) in [4.78, 5) is 38.6. The molecule has 0 radical (unpaired) electrons. The molecule has 0 unspecified atom stereocenters. The molecule has 122 valence electrons. The number of rotatable bonds is 5. The summed E-state index contributed by atoms with van der Waals surface area (Å²) >= 11 is 0. The maximum atomic E-state index is 12.4. The minimum atomic E-state index is -0.549. The minimum Gasteiger partial charge on any atom is -0.350 e. The van der Waals surface area contributed by atoms with E-state index in [1.807, 2.05) is 20.8 Å². The van der Waals surface area contributed by atoms with Gasteiger partial charge in [0, 0.05) is 17.7 Å². The minimum absolute atomic E-state index is 0.135. The number of amides is 1. The van der Waals surface area contributed by atoms with Gasteiger partial charge in [0.05, 0.1) is 22.2 Å². The van der Waals surface area contributed by atoms with E-state index in [0.29, 0.717) is 0 Å². The lowest BCUT2D eigenvalue weighted by Gasteiger charge is -2.24. The van der Waals surface area contributed by atoms with Gasteiger partial charge in [0.2, 0.25) is 5.91 Å².